The number of hydrogen-bond acceptors (Lipinski definition) is 3. The number of nitro benzene ring substituents is 1. The van der Waals surface area contributed by atoms with Crippen molar-refractivity contribution in [2.45, 2.75) is 32.2 Å². The average Bonchev–Trinajstić information content (AvgIpc) is 2.67. The highest BCUT2D eigenvalue weighted by atomic mass is 19.1. The van der Waals surface area contributed by atoms with E-state index < -0.39 is 16.4 Å². The van der Waals surface area contributed by atoms with Crippen LogP contribution in [0.4, 0.5) is 15.8 Å². The van der Waals surface area contributed by atoms with Crippen molar-refractivity contribution in [3.8, 4) is 0 Å². The van der Waals surface area contributed by atoms with Gasteiger partial charge in [0, 0.05) is 17.8 Å². The lowest BCUT2D eigenvalue weighted by Crippen LogP contribution is -2.21. The molecule has 2 rings (SSSR count). The van der Waals surface area contributed by atoms with Crippen LogP contribution in [0.1, 0.15) is 26.2 Å². The number of nitrogens with one attached hydrogen (secondary N) is 1. The first-order chi connectivity index (χ1) is 8.08. The van der Waals surface area contributed by atoms with E-state index >= 15 is 0 Å². The third kappa shape index (κ3) is 2.54. The topological polar surface area (TPSA) is 55.2 Å². The van der Waals surface area contributed by atoms with Crippen molar-refractivity contribution < 1.29 is 9.31 Å². The van der Waals surface area contributed by atoms with Crippen LogP contribution < -0.4 is 5.32 Å². The van der Waals surface area contributed by atoms with E-state index in [1.807, 2.05) is 0 Å². The Morgan fingerprint density at radius 3 is 2.82 bits per heavy atom. The van der Waals surface area contributed by atoms with Crippen molar-refractivity contribution >= 4 is 11.4 Å². The Hall–Kier alpha value is -1.65. The molecule has 1 aliphatic rings. The highest BCUT2D eigenvalue weighted by molar-refractivity contribution is 5.52. The number of hydrogen-bond donors (Lipinski definition) is 1. The van der Waals surface area contributed by atoms with Crippen molar-refractivity contribution in [1.82, 2.24) is 0 Å². The van der Waals surface area contributed by atoms with Crippen LogP contribution >= 0.6 is 0 Å². The third-order valence-electron chi connectivity index (χ3n) is 3.36. The summed E-state index contributed by atoms with van der Waals surface area (Å²) in [6, 6.07) is 4.29. The Bertz CT molecular complexity index is 437. The molecule has 2 unspecified atom stereocenters. The summed E-state index contributed by atoms with van der Waals surface area (Å²) in [6.07, 6.45) is 3.40. The van der Waals surface area contributed by atoms with Gasteiger partial charge in [0.1, 0.15) is 0 Å². The molecule has 0 aromatic heterocycles. The Kier molecular flexibility index (Phi) is 3.26. The molecular formula is C12H15FN2O2. The molecule has 0 amide bonds. The van der Waals surface area contributed by atoms with Crippen LogP contribution in [-0.4, -0.2) is 11.0 Å². The lowest BCUT2D eigenvalue weighted by molar-refractivity contribution is -0.387. The molecule has 0 aliphatic heterocycles. The van der Waals surface area contributed by atoms with Crippen molar-refractivity contribution in [2.24, 2.45) is 5.92 Å². The highest BCUT2D eigenvalue weighted by Gasteiger charge is 2.24. The maximum absolute atomic E-state index is 13.1. The summed E-state index contributed by atoms with van der Waals surface area (Å²) in [6.45, 7) is 2.16. The minimum atomic E-state index is -0.792. The van der Waals surface area contributed by atoms with Gasteiger partial charge in [0.2, 0.25) is 5.82 Å². The number of nitro groups is 1. The van der Waals surface area contributed by atoms with Crippen molar-refractivity contribution in [1.29, 1.82) is 0 Å². The lowest BCUT2D eigenvalue weighted by atomic mass is 10.1. The predicted molar refractivity (Wildman–Crippen MR) is 63.5 cm³/mol. The molecule has 1 aliphatic carbocycles. The maximum Gasteiger partial charge on any atom is 0.306 e. The minimum Gasteiger partial charge on any atom is -0.382 e. The molecule has 1 aromatic rings. The monoisotopic (exact) mass is 238 g/mol. The molecule has 2 atom stereocenters. The molecule has 92 valence electrons. The molecule has 1 saturated carbocycles. The zero-order valence-electron chi connectivity index (χ0n) is 9.65. The van der Waals surface area contributed by atoms with Crippen molar-refractivity contribution in [2.75, 3.05) is 5.32 Å². The fourth-order valence-corrected chi connectivity index (χ4v) is 2.32. The fourth-order valence-electron chi connectivity index (χ4n) is 2.32. The first-order valence-electron chi connectivity index (χ1n) is 5.78. The molecule has 5 heteroatoms. The average molecular weight is 238 g/mol. The maximum atomic E-state index is 13.1. The second kappa shape index (κ2) is 4.69. The first-order valence-corrected chi connectivity index (χ1v) is 5.78. The lowest BCUT2D eigenvalue weighted by Gasteiger charge is -2.18. The smallest absolute Gasteiger partial charge is 0.306 e. The SMILES string of the molecule is CC1CCCC1Nc1ccc(F)c([N+](=O)[O-])c1. The Morgan fingerprint density at radius 2 is 2.24 bits per heavy atom. The van der Waals surface area contributed by atoms with Crippen LogP contribution in [0.2, 0.25) is 0 Å². The van der Waals surface area contributed by atoms with Gasteiger partial charge in [0.05, 0.1) is 4.92 Å². The Morgan fingerprint density at radius 1 is 1.47 bits per heavy atom. The fraction of sp³-hybridized carbons (Fsp3) is 0.500. The summed E-state index contributed by atoms with van der Waals surface area (Å²) in [7, 11) is 0. The molecule has 1 fully saturated rings. The van der Waals surface area contributed by atoms with E-state index in [9.17, 15) is 14.5 Å². The zero-order chi connectivity index (χ0) is 12.4. The van der Waals surface area contributed by atoms with Gasteiger partial charge < -0.3 is 5.32 Å². The van der Waals surface area contributed by atoms with Gasteiger partial charge in [0.25, 0.3) is 0 Å². The standard InChI is InChI=1S/C12H15FN2O2/c1-8-3-2-4-11(8)14-9-5-6-10(13)12(7-9)15(16)17/h5-8,11,14H,2-4H2,1H3. The van der Waals surface area contributed by atoms with Gasteiger partial charge in [-0.1, -0.05) is 13.3 Å². The predicted octanol–water partition coefficient (Wildman–Crippen LogP) is 3.33. The molecule has 0 spiro atoms. The van der Waals surface area contributed by atoms with E-state index in [1.165, 1.54) is 18.9 Å². The van der Waals surface area contributed by atoms with Crippen molar-refractivity contribution in [3.63, 3.8) is 0 Å². The molecule has 1 N–H and O–H groups in total. The number of anilines is 1. The van der Waals surface area contributed by atoms with Gasteiger partial charge in [-0.3, -0.25) is 10.1 Å². The molecule has 4 nitrogen and oxygen atoms in total. The molecule has 17 heavy (non-hydrogen) atoms. The summed E-state index contributed by atoms with van der Waals surface area (Å²) < 4.78 is 13.1. The first kappa shape index (κ1) is 11.8. The van der Waals surface area contributed by atoms with Crippen LogP contribution in [0, 0.1) is 21.8 Å². The molecule has 0 radical (unpaired) electrons. The minimum absolute atomic E-state index is 0.333. The zero-order valence-corrected chi connectivity index (χ0v) is 9.65. The van der Waals surface area contributed by atoms with Crippen LogP contribution in [0.3, 0.4) is 0 Å². The summed E-state index contributed by atoms with van der Waals surface area (Å²) in [5.41, 5.74) is 0.150. The molecule has 1 aromatic carbocycles. The summed E-state index contributed by atoms with van der Waals surface area (Å²) in [5, 5.41) is 13.9. The van der Waals surface area contributed by atoms with E-state index in [1.54, 1.807) is 6.07 Å². The number of nitrogens with zero attached hydrogens (tertiary/aromatic N) is 1. The summed E-state index contributed by atoms with van der Waals surface area (Å²) >= 11 is 0. The third-order valence-corrected chi connectivity index (χ3v) is 3.36. The quantitative estimate of drug-likeness (QED) is 0.649. The van der Waals surface area contributed by atoms with E-state index in [2.05, 4.69) is 12.2 Å². The number of rotatable bonds is 3. The van der Waals surface area contributed by atoms with E-state index in [-0.39, 0.29) is 0 Å². The molecule has 0 bridgehead atoms. The molecule has 0 heterocycles. The van der Waals surface area contributed by atoms with Crippen LogP contribution in [0.5, 0.6) is 0 Å². The van der Waals surface area contributed by atoms with Crippen LogP contribution in [0.25, 0.3) is 0 Å². The van der Waals surface area contributed by atoms with Gasteiger partial charge in [-0.15, -0.1) is 0 Å². The molecule has 0 saturated heterocycles. The van der Waals surface area contributed by atoms with E-state index in [0.29, 0.717) is 17.6 Å². The van der Waals surface area contributed by atoms with Crippen LogP contribution in [0.15, 0.2) is 18.2 Å². The van der Waals surface area contributed by atoms with Crippen molar-refractivity contribution in [3.05, 3.63) is 34.1 Å². The van der Waals surface area contributed by atoms with E-state index in [4.69, 9.17) is 0 Å². The van der Waals surface area contributed by atoms with Gasteiger partial charge in [-0.05, 0) is 30.9 Å². The Labute approximate surface area is 99.0 Å². The second-order valence-corrected chi connectivity index (χ2v) is 4.58. The van der Waals surface area contributed by atoms with Crippen LogP contribution in [-0.2, 0) is 0 Å². The second-order valence-electron chi connectivity index (χ2n) is 4.58. The molecular weight excluding hydrogens is 223 g/mol. The van der Waals surface area contributed by atoms with Gasteiger partial charge in [-0.2, -0.15) is 4.39 Å². The summed E-state index contributed by atoms with van der Waals surface area (Å²) in [4.78, 5) is 9.92. The number of halogens is 1. The van der Waals surface area contributed by atoms with E-state index in [0.717, 1.165) is 12.5 Å². The highest BCUT2D eigenvalue weighted by Crippen LogP contribution is 2.29. The number of benzene rings is 1. The van der Waals surface area contributed by atoms with Gasteiger partial charge in [0.15, 0.2) is 0 Å². The van der Waals surface area contributed by atoms with Gasteiger partial charge in [-0.25, -0.2) is 0 Å². The largest absolute Gasteiger partial charge is 0.382 e. The van der Waals surface area contributed by atoms with Gasteiger partial charge >= 0.3 is 5.69 Å². The Balaban J connectivity index is 2.16. The summed E-state index contributed by atoms with van der Waals surface area (Å²) in [5.74, 6) is -0.237. The normalized spacial score (nSPS) is 23.6.